The second-order valence-electron chi connectivity index (χ2n) is 7.70. The highest BCUT2D eigenvalue weighted by molar-refractivity contribution is 5.91. The number of amides is 2. The van der Waals surface area contributed by atoms with Crippen molar-refractivity contribution in [3.8, 4) is 0 Å². The van der Waals surface area contributed by atoms with Crippen LogP contribution in [0.3, 0.4) is 0 Å². The van der Waals surface area contributed by atoms with Crippen LogP contribution >= 0.6 is 12.4 Å². The molecule has 2 atom stereocenters. The number of hydrogen-bond donors (Lipinski definition) is 4. The van der Waals surface area contributed by atoms with Crippen LogP contribution in [0.1, 0.15) is 38.2 Å². The average molecular weight is 456 g/mol. The first-order valence-corrected chi connectivity index (χ1v) is 10.6. The van der Waals surface area contributed by atoms with Gasteiger partial charge in [0.05, 0.1) is 13.2 Å². The molecule has 1 fully saturated rings. The third-order valence-electron chi connectivity index (χ3n) is 5.54. The van der Waals surface area contributed by atoms with E-state index >= 15 is 0 Å². The molecule has 174 valence electrons. The van der Waals surface area contributed by atoms with E-state index in [2.05, 4.69) is 10.6 Å². The number of nitrogens with one attached hydrogen (secondary N) is 2. The van der Waals surface area contributed by atoms with E-state index in [-0.39, 0.29) is 37.3 Å². The van der Waals surface area contributed by atoms with Gasteiger partial charge < -0.3 is 26.2 Å². The molecule has 0 bridgehead atoms. The molecular formula is C22H34ClN3O5. The number of ether oxygens (including phenoxy) is 1. The van der Waals surface area contributed by atoms with E-state index in [0.29, 0.717) is 12.5 Å². The summed E-state index contributed by atoms with van der Waals surface area (Å²) in [5.41, 5.74) is 6.60. The molecule has 0 aromatic heterocycles. The van der Waals surface area contributed by atoms with Gasteiger partial charge in [-0.25, -0.2) is 4.79 Å². The largest absolute Gasteiger partial charge is 0.464 e. The zero-order valence-corrected chi connectivity index (χ0v) is 18.7. The Bertz CT molecular complexity index is 696. The highest BCUT2D eigenvalue weighted by Crippen LogP contribution is 2.28. The van der Waals surface area contributed by atoms with Crippen molar-refractivity contribution < 1.29 is 24.2 Å². The minimum atomic E-state index is -1.17. The van der Waals surface area contributed by atoms with E-state index < -0.39 is 30.6 Å². The van der Waals surface area contributed by atoms with Crippen molar-refractivity contribution in [2.75, 3.05) is 19.8 Å². The predicted octanol–water partition coefficient (Wildman–Crippen LogP) is 0.941. The van der Waals surface area contributed by atoms with Crippen molar-refractivity contribution in [1.29, 1.82) is 0 Å². The summed E-state index contributed by atoms with van der Waals surface area (Å²) in [5.74, 6) is -1.11. The molecule has 0 radical (unpaired) electrons. The fraction of sp³-hybridized carbons (Fsp3) is 0.591. The van der Waals surface area contributed by atoms with Gasteiger partial charge >= 0.3 is 5.97 Å². The maximum absolute atomic E-state index is 12.9. The molecule has 8 nitrogen and oxygen atoms in total. The second-order valence-corrected chi connectivity index (χ2v) is 7.70. The maximum atomic E-state index is 12.9. The number of nitrogens with two attached hydrogens (primary N) is 1. The maximum Gasteiger partial charge on any atom is 0.331 e. The minimum absolute atomic E-state index is 0. The number of carbonyl (C=O) groups is 3. The van der Waals surface area contributed by atoms with Crippen LogP contribution in [0.15, 0.2) is 30.3 Å². The quantitative estimate of drug-likeness (QED) is 0.388. The number of aliphatic hydroxyl groups excluding tert-OH is 1. The van der Waals surface area contributed by atoms with Gasteiger partial charge in [-0.1, -0.05) is 30.3 Å². The summed E-state index contributed by atoms with van der Waals surface area (Å²) in [5, 5.41) is 14.8. The number of hydrogen-bond acceptors (Lipinski definition) is 6. The van der Waals surface area contributed by atoms with Crippen LogP contribution in [0.2, 0.25) is 0 Å². The Kier molecular flexibility index (Phi) is 12.1. The SMILES string of the molecule is CCOC(=O)[C@H](CO)NC(=O)[C@H](Cc1ccccc1)NC(=O)[C@H]1CC[C@H](CN)CC1.Cl. The molecule has 0 heterocycles. The summed E-state index contributed by atoms with van der Waals surface area (Å²) in [7, 11) is 0. The second kappa shape index (κ2) is 14.0. The van der Waals surface area contributed by atoms with Crippen LogP contribution in [-0.4, -0.2) is 54.7 Å². The van der Waals surface area contributed by atoms with Crippen molar-refractivity contribution >= 4 is 30.2 Å². The van der Waals surface area contributed by atoms with Crippen LogP contribution in [0.25, 0.3) is 0 Å². The molecule has 1 aliphatic carbocycles. The molecule has 0 spiro atoms. The van der Waals surface area contributed by atoms with E-state index in [1.807, 2.05) is 30.3 Å². The zero-order chi connectivity index (χ0) is 21.9. The third-order valence-corrected chi connectivity index (χ3v) is 5.54. The van der Waals surface area contributed by atoms with E-state index in [1.165, 1.54) is 0 Å². The molecule has 0 saturated heterocycles. The molecule has 1 saturated carbocycles. The van der Waals surface area contributed by atoms with E-state index in [0.717, 1.165) is 31.2 Å². The Morgan fingerprint density at radius 1 is 1.10 bits per heavy atom. The van der Waals surface area contributed by atoms with Gasteiger partial charge in [0, 0.05) is 12.3 Å². The van der Waals surface area contributed by atoms with Gasteiger partial charge in [0.25, 0.3) is 0 Å². The molecule has 9 heteroatoms. The summed E-state index contributed by atoms with van der Waals surface area (Å²) in [6.45, 7) is 1.83. The number of carbonyl (C=O) groups excluding carboxylic acids is 3. The van der Waals surface area contributed by atoms with Crippen LogP contribution in [0.4, 0.5) is 0 Å². The lowest BCUT2D eigenvalue weighted by Crippen LogP contribution is -2.54. The highest BCUT2D eigenvalue weighted by atomic mass is 35.5. The summed E-state index contributed by atoms with van der Waals surface area (Å²) >= 11 is 0. The number of esters is 1. The Labute approximate surface area is 189 Å². The van der Waals surface area contributed by atoms with Crippen LogP contribution in [-0.2, 0) is 25.5 Å². The Balaban J connectivity index is 0.00000480. The van der Waals surface area contributed by atoms with Crippen molar-refractivity contribution in [2.24, 2.45) is 17.6 Å². The molecule has 1 aliphatic rings. The third kappa shape index (κ3) is 8.47. The zero-order valence-electron chi connectivity index (χ0n) is 17.9. The molecular weight excluding hydrogens is 422 g/mol. The molecule has 1 aromatic carbocycles. The Morgan fingerprint density at radius 2 is 1.74 bits per heavy atom. The molecule has 1 aromatic rings. The molecule has 2 amide bonds. The average Bonchev–Trinajstić information content (AvgIpc) is 2.77. The molecule has 31 heavy (non-hydrogen) atoms. The van der Waals surface area contributed by atoms with E-state index in [1.54, 1.807) is 6.92 Å². The Morgan fingerprint density at radius 3 is 2.29 bits per heavy atom. The van der Waals surface area contributed by atoms with Gasteiger partial charge in [-0.3, -0.25) is 9.59 Å². The fourth-order valence-electron chi connectivity index (χ4n) is 3.70. The van der Waals surface area contributed by atoms with Gasteiger partial charge in [-0.2, -0.15) is 0 Å². The standard InChI is InChI=1S/C22H33N3O5.ClH/c1-2-30-22(29)19(14-26)25-21(28)18(12-15-6-4-3-5-7-15)24-20(27)17-10-8-16(13-23)9-11-17;/h3-7,16-19,26H,2,8-14,23H2,1H3,(H,24,27)(H,25,28);1H/t16-,17-,18-,19-;/m0./s1. The predicted molar refractivity (Wildman–Crippen MR) is 119 cm³/mol. The molecule has 0 aliphatic heterocycles. The first-order valence-electron chi connectivity index (χ1n) is 10.6. The van der Waals surface area contributed by atoms with Crippen LogP contribution < -0.4 is 16.4 Å². The normalized spacial score (nSPS) is 20.0. The minimum Gasteiger partial charge on any atom is -0.464 e. The van der Waals surface area contributed by atoms with Crippen molar-refractivity contribution in [1.82, 2.24) is 10.6 Å². The molecule has 5 N–H and O–H groups in total. The summed E-state index contributed by atoms with van der Waals surface area (Å²) in [4.78, 5) is 37.6. The van der Waals surface area contributed by atoms with Gasteiger partial charge in [0.1, 0.15) is 6.04 Å². The number of aliphatic hydroxyl groups is 1. The monoisotopic (exact) mass is 455 g/mol. The molecule has 0 unspecified atom stereocenters. The molecule has 2 rings (SSSR count). The summed E-state index contributed by atoms with van der Waals surface area (Å²) in [6, 6.07) is 7.28. The van der Waals surface area contributed by atoms with Crippen LogP contribution in [0.5, 0.6) is 0 Å². The lowest BCUT2D eigenvalue weighted by atomic mass is 9.81. The lowest BCUT2D eigenvalue weighted by Gasteiger charge is -2.29. The number of benzene rings is 1. The topological polar surface area (TPSA) is 131 Å². The number of halogens is 1. The Hall–Kier alpha value is -2.16. The summed E-state index contributed by atoms with van der Waals surface area (Å²) in [6.07, 6.45) is 3.57. The summed E-state index contributed by atoms with van der Waals surface area (Å²) < 4.78 is 4.88. The number of rotatable bonds is 10. The van der Waals surface area contributed by atoms with Crippen molar-refractivity contribution in [3.63, 3.8) is 0 Å². The van der Waals surface area contributed by atoms with E-state index in [9.17, 15) is 19.5 Å². The fourth-order valence-corrected chi connectivity index (χ4v) is 3.70. The van der Waals surface area contributed by atoms with Gasteiger partial charge in [-0.15, -0.1) is 12.4 Å². The lowest BCUT2D eigenvalue weighted by molar-refractivity contribution is -0.148. The van der Waals surface area contributed by atoms with Gasteiger partial charge in [0.15, 0.2) is 6.04 Å². The smallest absolute Gasteiger partial charge is 0.331 e. The first-order chi connectivity index (χ1) is 14.5. The van der Waals surface area contributed by atoms with Crippen molar-refractivity contribution in [2.45, 2.75) is 51.1 Å². The van der Waals surface area contributed by atoms with Crippen molar-refractivity contribution in [3.05, 3.63) is 35.9 Å². The van der Waals surface area contributed by atoms with Gasteiger partial charge in [0.2, 0.25) is 11.8 Å². The highest BCUT2D eigenvalue weighted by Gasteiger charge is 2.31. The van der Waals surface area contributed by atoms with E-state index in [4.69, 9.17) is 10.5 Å². The van der Waals surface area contributed by atoms with Crippen LogP contribution in [0, 0.1) is 11.8 Å². The van der Waals surface area contributed by atoms with Gasteiger partial charge in [-0.05, 0) is 50.6 Å². The first kappa shape index (κ1) is 26.9.